The molecule has 0 saturated heterocycles. The van der Waals surface area contributed by atoms with E-state index >= 15 is 0 Å². The first-order valence-corrected chi connectivity index (χ1v) is 7.69. The van der Waals surface area contributed by atoms with Gasteiger partial charge in [0.25, 0.3) is 0 Å². The highest BCUT2D eigenvalue weighted by Gasteiger charge is 2.20. The standard InChI is InChI=1S/C15H23BrN2O2/c1-5-13(12-8-11(16)6-7-14(12)19)18-10(4)15(20)17-9(2)3/h6-10,13,18-19H,5H2,1-4H3,(H,17,20). The fourth-order valence-electron chi connectivity index (χ4n) is 2.02. The highest BCUT2D eigenvalue weighted by Crippen LogP contribution is 2.29. The maximum absolute atomic E-state index is 11.9. The van der Waals surface area contributed by atoms with Crippen LogP contribution in [0.5, 0.6) is 5.75 Å². The Morgan fingerprint density at radius 1 is 1.35 bits per heavy atom. The van der Waals surface area contributed by atoms with Crippen molar-refractivity contribution in [2.45, 2.75) is 52.2 Å². The van der Waals surface area contributed by atoms with E-state index in [0.717, 1.165) is 16.5 Å². The van der Waals surface area contributed by atoms with Crippen LogP contribution in [-0.2, 0) is 4.79 Å². The van der Waals surface area contributed by atoms with Crippen molar-refractivity contribution in [3.05, 3.63) is 28.2 Å². The van der Waals surface area contributed by atoms with Crippen molar-refractivity contribution in [2.24, 2.45) is 0 Å². The van der Waals surface area contributed by atoms with E-state index in [-0.39, 0.29) is 29.8 Å². The van der Waals surface area contributed by atoms with Gasteiger partial charge in [0.05, 0.1) is 6.04 Å². The lowest BCUT2D eigenvalue weighted by Crippen LogP contribution is -2.45. The van der Waals surface area contributed by atoms with E-state index in [2.05, 4.69) is 26.6 Å². The number of hydrogen-bond acceptors (Lipinski definition) is 3. The summed E-state index contributed by atoms with van der Waals surface area (Å²) in [5.74, 6) is 0.206. The zero-order valence-corrected chi connectivity index (χ0v) is 14.0. The molecule has 0 aromatic heterocycles. The Balaban J connectivity index is 2.81. The molecular weight excluding hydrogens is 320 g/mol. The van der Waals surface area contributed by atoms with E-state index < -0.39 is 0 Å². The molecule has 0 radical (unpaired) electrons. The number of carbonyl (C=O) groups excluding carboxylic acids is 1. The average molecular weight is 343 g/mol. The van der Waals surface area contributed by atoms with Gasteiger partial charge in [0, 0.05) is 22.1 Å². The van der Waals surface area contributed by atoms with Crippen molar-refractivity contribution in [2.75, 3.05) is 0 Å². The Labute approximate surface area is 129 Å². The normalized spacial score (nSPS) is 14.1. The predicted octanol–water partition coefficient (Wildman–Crippen LogP) is 3.11. The molecule has 0 fully saturated rings. The van der Waals surface area contributed by atoms with E-state index in [1.54, 1.807) is 12.1 Å². The third kappa shape index (κ3) is 4.80. The average Bonchev–Trinajstić information content (AvgIpc) is 2.38. The molecule has 0 aliphatic carbocycles. The van der Waals surface area contributed by atoms with Gasteiger partial charge in [-0.15, -0.1) is 0 Å². The quantitative estimate of drug-likeness (QED) is 0.744. The fraction of sp³-hybridized carbons (Fsp3) is 0.533. The van der Waals surface area contributed by atoms with Gasteiger partial charge < -0.3 is 10.4 Å². The second-order valence-electron chi connectivity index (χ2n) is 5.22. The van der Waals surface area contributed by atoms with Gasteiger partial charge in [-0.1, -0.05) is 22.9 Å². The molecule has 0 spiro atoms. The third-order valence-corrected chi connectivity index (χ3v) is 3.54. The van der Waals surface area contributed by atoms with Gasteiger partial charge in [-0.3, -0.25) is 10.1 Å². The first kappa shape index (κ1) is 17.0. The molecule has 112 valence electrons. The van der Waals surface area contributed by atoms with Crippen molar-refractivity contribution >= 4 is 21.8 Å². The van der Waals surface area contributed by atoms with E-state index in [0.29, 0.717) is 0 Å². The zero-order valence-electron chi connectivity index (χ0n) is 12.4. The molecule has 0 aliphatic heterocycles. The molecule has 1 rings (SSSR count). The van der Waals surface area contributed by atoms with Crippen molar-refractivity contribution < 1.29 is 9.90 Å². The Kier molecular flexibility index (Phi) is 6.49. The molecule has 4 nitrogen and oxygen atoms in total. The zero-order chi connectivity index (χ0) is 15.3. The van der Waals surface area contributed by atoms with Gasteiger partial charge in [0.1, 0.15) is 5.75 Å². The monoisotopic (exact) mass is 342 g/mol. The molecule has 20 heavy (non-hydrogen) atoms. The summed E-state index contributed by atoms with van der Waals surface area (Å²) in [5.41, 5.74) is 0.797. The van der Waals surface area contributed by atoms with Crippen LogP contribution in [0.2, 0.25) is 0 Å². The minimum absolute atomic E-state index is 0.0343. The van der Waals surface area contributed by atoms with Gasteiger partial charge in [-0.05, 0) is 45.4 Å². The van der Waals surface area contributed by atoms with E-state index in [9.17, 15) is 9.90 Å². The van der Waals surface area contributed by atoms with E-state index in [4.69, 9.17) is 0 Å². The molecule has 1 aromatic carbocycles. The molecular formula is C15H23BrN2O2. The lowest BCUT2D eigenvalue weighted by atomic mass is 10.0. The SMILES string of the molecule is CCC(NC(C)C(=O)NC(C)C)c1cc(Br)ccc1O. The minimum atomic E-state index is -0.319. The lowest BCUT2D eigenvalue weighted by molar-refractivity contribution is -0.123. The van der Waals surface area contributed by atoms with Crippen molar-refractivity contribution in [3.8, 4) is 5.75 Å². The number of amides is 1. The number of halogens is 1. The van der Waals surface area contributed by atoms with Crippen LogP contribution >= 0.6 is 15.9 Å². The summed E-state index contributed by atoms with van der Waals surface area (Å²) in [6.07, 6.45) is 0.781. The number of carbonyl (C=O) groups is 1. The minimum Gasteiger partial charge on any atom is -0.508 e. The number of rotatable bonds is 6. The fourth-order valence-corrected chi connectivity index (χ4v) is 2.40. The van der Waals surface area contributed by atoms with Crippen LogP contribution in [0.25, 0.3) is 0 Å². The van der Waals surface area contributed by atoms with Crippen LogP contribution in [0.4, 0.5) is 0 Å². The molecule has 0 bridgehead atoms. The maximum atomic E-state index is 11.9. The molecule has 2 unspecified atom stereocenters. The highest BCUT2D eigenvalue weighted by molar-refractivity contribution is 9.10. The Morgan fingerprint density at radius 3 is 2.55 bits per heavy atom. The topological polar surface area (TPSA) is 61.4 Å². The molecule has 0 aliphatic rings. The lowest BCUT2D eigenvalue weighted by Gasteiger charge is -2.23. The van der Waals surface area contributed by atoms with Crippen molar-refractivity contribution in [3.63, 3.8) is 0 Å². The van der Waals surface area contributed by atoms with Crippen LogP contribution in [0, 0.1) is 0 Å². The van der Waals surface area contributed by atoms with Crippen LogP contribution in [0.15, 0.2) is 22.7 Å². The van der Waals surface area contributed by atoms with Gasteiger partial charge in [0.2, 0.25) is 5.91 Å². The molecule has 0 saturated carbocycles. The Morgan fingerprint density at radius 2 is 2.00 bits per heavy atom. The first-order valence-electron chi connectivity index (χ1n) is 6.90. The van der Waals surface area contributed by atoms with Crippen molar-refractivity contribution in [1.29, 1.82) is 0 Å². The number of benzene rings is 1. The second kappa shape index (κ2) is 7.64. The van der Waals surface area contributed by atoms with Gasteiger partial charge in [-0.25, -0.2) is 0 Å². The largest absolute Gasteiger partial charge is 0.508 e. The summed E-state index contributed by atoms with van der Waals surface area (Å²) >= 11 is 3.40. The summed E-state index contributed by atoms with van der Waals surface area (Å²) in [6.45, 7) is 7.71. The number of hydrogen-bond donors (Lipinski definition) is 3. The Bertz CT molecular complexity index is 463. The number of aromatic hydroxyl groups is 1. The number of phenolic OH excluding ortho intramolecular Hbond substituents is 1. The molecule has 1 amide bonds. The molecule has 3 N–H and O–H groups in total. The maximum Gasteiger partial charge on any atom is 0.237 e. The summed E-state index contributed by atoms with van der Waals surface area (Å²) in [7, 11) is 0. The second-order valence-corrected chi connectivity index (χ2v) is 6.13. The van der Waals surface area contributed by atoms with Crippen LogP contribution in [0.1, 0.15) is 45.7 Å². The van der Waals surface area contributed by atoms with Crippen LogP contribution in [0.3, 0.4) is 0 Å². The molecule has 0 heterocycles. The van der Waals surface area contributed by atoms with Crippen molar-refractivity contribution in [1.82, 2.24) is 10.6 Å². The van der Waals surface area contributed by atoms with E-state index in [1.165, 1.54) is 0 Å². The van der Waals surface area contributed by atoms with Gasteiger partial charge in [-0.2, -0.15) is 0 Å². The van der Waals surface area contributed by atoms with Gasteiger partial charge >= 0.3 is 0 Å². The summed E-state index contributed by atoms with van der Waals surface area (Å²) in [4.78, 5) is 11.9. The van der Waals surface area contributed by atoms with Crippen LogP contribution < -0.4 is 10.6 Å². The smallest absolute Gasteiger partial charge is 0.237 e. The number of phenols is 1. The predicted molar refractivity (Wildman–Crippen MR) is 84.7 cm³/mol. The highest BCUT2D eigenvalue weighted by atomic mass is 79.9. The third-order valence-electron chi connectivity index (χ3n) is 3.05. The van der Waals surface area contributed by atoms with Gasteiger partial charge in [0.15, 0.2) is 0 Å². The summed E-state index contributed by atoms with van der Waals surface area (Å²) < 4.78 is 0.907. The van der Waals surface area contributed by atoms with E-state index in [1.807, 2.05) is 33.8 Å². The summed E-state index contributed by atoms with van der Waals surface area (Å²) in [5, 5.41) is 16.1. The summed E-state index contributed by atoms with van der Waals surface area (Å²) in [6, 6.07) is 5.05. The molecule has 1 aromatic rings. The molecule has 5 heteroatoms. The molecule has 2 atom stereocenters. The number of nitrogens with one attached hydrogen (secondary N) is 2. The first-order chi connectivity index (χ1) is 9.35. The Hall–Kier alpha value is -1.07. The van der Waals surface area contributed by atoms with Crippen LogP contribution in [-0.4, -0.2) is 23.1 Å².